The Morgan fingerprint density at radius 3 is 1.96 bits per heavy atom. The molecule has 0 amide bonds. The van der Waals surface area contributed by atoms with Crippen molar-refractivity contribution in [3.05, 3.63) is 77.4 Å². The summed E-state index contributed by atoms with van der Waals surface area (Å²) in [6.07, 6.45) is 2.00. The topological polar surface area (TPSA) is 12.4 Å². The quantitative estimate of drug-likeness (QED) is 0.467. The molecular formula is C23H25N. The number of fused-ring (bicyclic) bond motifs is 1. The Morgan fingerprint density at radius 2 is 1.33 bits per heavy atom. The van der Waals surface area contributed by atoms with Crippen LogP contribution in [0.1, 0.15) is 56.2 Å². The van der Waals surface area contributed by atoms with E-state index < -0.39 is 0 Å². The summed E-state index contributed by atoms with van der Waals surface area (Å²) in [4.78, 5) is 4.90. The number of hydrogen-bond acceptors (Lipinski definition) is 1. The maximum atomic E-state index is 4.90. The maximum Gasteiger partial charge on any atom is 0.0699 e. The molecule has 0 saturated carbocycles. The molecule has 0 fully saturated rings. The van der Waals surface area contributed by atoms with Gasteiger partial charge in [0.25, 0.3) is 0 Å². The van der Waals surface area contributed by atoms with Crippen LogP contribution in [0.3, 0.4) is 0 Å². The third-order valence-electron chi connectivity index (χ3n) is 4.46. The number of nitrogens with zero attached hydrogens (tertiary/aromatic N) is 1. The summed E-state index contributed by atoms with van der Waals surface area (Å²) in [5.41, 5.74) is 4.91. The molecule has 1 heteroatoms. The van der Waals surface area contributed by atoms with Gasteiger partial charge in [-0.05, 0) is 45.4 Å². The lowest BCUT2D eigenvalue weighted by molar-refractivity contribution is 0.835. The van der Waals surface area contributed by atoms with Gasteiger partial charge in [0.05, 0.1) is 5.69 Å². The summed E-state index contributed by atoms with van der Waals surface area (Å²) < 4.78 is 0. The first-order valence-electron chi connectivity index (χ1n) is 8.72. The standard InChI is InChI=1S/C23H25N/c1-16(2)21-10-7-11-22(17(3)4)23(21)24-15-18-12-13-19-8-5-6-9-20(19)14-18/h5-17H,1-4H3/b24-15+. The molecule has 3 rings (SSSR count). The Hall–Kier alpha value is -2.41. The zero-order valence-electron chi connectivity index (χ0n) is 15.0. The molecule has 0 heterocycles. The van der Waals surface area contributed by atoms with Crippen molar-refractivity contribution in [3.63, 3.8) is 0 Å². The number of rotatable bonds is 4. The van der Waals surface area contributed by atoms with Gasteiger partial charge in [0.15, 0.2) is 0 Å². The molecule has 1 nitrogen and oxygen atoms in total. The molecule has 3 aromatic rings. The van der Waals surface area contributed by atoms with Crippen molar-refractivity contribution in [3.8, 4) is 0 Å². The molecule has 0 bridgehead atoms. The van der Waals surface area contributed by atoms with Gasteiger partial charge in [0, 0.05) is 6.21 Å². The fraction of sp³-hybridized carbons (Fsp3) is 0.261. The molecule has 0 spiro atoms. The van der Waals surface area contributed by atoms with Crippen LogP contribution in [0.2, 0.25) is 0 Å². The van der Waals surface area contributed by atoms with Crippen molar-refractivity contribution in [1.29, 1.82) is 0 Å². The molecule has 0 unspecified atom stereocenters. The van der Waals surface area contributed by atoms with Crippen molar-refractivity contribution in [2.45, 2.75) is 39.5 Å². The van der Waals surface area contributed by atoms with Crippen LogP contribution < -0.4 is 0 Å². The Kier molecular flexibility index (Phi) is 4.80. The molecule has 0 radical (unpaired) electrons. The first-order chi connectivity index (χ1) is 11.6. The predicted octanol–water partition coefficient (Wildman–Crippen LogP) is 6.84. The molecule has 0 aliphatic rings. The van der Waals surface area contributed by atoms with Crippen LogP contribution in [-0.2, 0) is 0 Å². The maximum absolute atomic E-state index is 4.90. The van der Waals surface area contributed by atoms with Crippen LogP contribution in [0.5, 0.6) is 0 Å². The summed E-state index contributed by atoms with van der Waals surface area (Å²) in [7, 11) is 0. The predicted molar refractivity (Wildman–Crippen MR) is 106 cm³/mol. The van der Waals surface area contributed by atoms with Gasteiger partial charge >= 0.3 is 0 Å². The van der Waals surface area contributed by atoms with Gasteiger partial charge in [-0.25, -0.2) is 0 Å². The van der Waals surface area contributed by atoms with Crippen LogP contribution >= 0.6 is 0 Å². The van der Waals surface area contributed by atoms with E-state index in [2.05, 4.69) is 88.4 Å². The molecule has 0 aliphatic heterocycles. The Morgan fingerprint density at radius 1 is 0.708 bits per heavy atom. The second kappa shape index (κ2) is 7.00. The van der Waals surface area contributed by atoms with E-state index in [9.17, 15) is 0 Å². The first-order valence-corrected chi connectivity index (χ1v) is 8.72. The van der Waals surface area contributed by atoms with Gasteiger partial charge in [0.2, 0.25) is 0 Å². The zero-order chi connectivity index (χ0) is 17.1. The monoisotopic (exact) mass is 315 g/mol. The van der Waals surface area contributed by atoms with Gasteiger partial charge in [-0.15, -0.1) is 0 Å². The molecule has 0 N–H and O–H groups in total. The fourth-order valence-corrected chi connectivity index (χ4v) is 3.09. The average Bonchev–Trinajstić information content (AvgIpc) is 2.59. The third-order valence-corrected chi connectivity index (χ3v) is 4.46. The van der Waals surface area contributed by atoms with E-state index in [-0.39, 0.29) is 0 Å². The van der Waals surface area contributed by atoms with E-state index in [0.29, 0.717) is 11.8 Å². The SMILES string of the molecule is CC(C)c1cccc(C(C)C)c1/N=C/c1ccc2ccccc2c1. The highest BCUT2D eigenvalue weighted by Crippen LogP contribution is 2.34. The highest BCUT2D eigenvalue weighted by molar-refractivity contribution is 5.91. The Balaban J connectivity index is 2.03. The lowest BCUT2D eigenvalue weighted by atomic mass is 9.93. The normalized spacial score (nSPS) is 11.9. The number of hydrogen-bond donors (Lipinski definition) is 0. The largest absolute Gasteiger partial charge is 0.256 e. The van der Waals surface area contributed by atoms with Crippen LogP contribution in [0.25, 0.3) is 10.8 Å². The number of benzene rings is 3. The van der Waals surface area contributed by atoms with Gasteiger partial charge in [-0.1, -0.05) is 82.3 Å². The molecule has 0 saturated heterocycles. The van der Waals surface area contributed by atoms with Gasteiger partial charge in [-0.2, -0.15) is 0 Å². The summed E-state index contributed by atoms with van der Waals surface area (Å²) >= 11 is 0. The lowest BCUT2D eigenvalue weighted by Gasteiger charge is -2.16. The second-order valence-electron chi connectivity index (χ2n) is 6.96. The summed E-state index contributed by atoms with van der Waals surface area (Å²) in [5.74, 6) is 0.930. The molecule has 122 valence electrons. The zero-order valence-corrected chi connectivity index (χ0v) is 15.0. The highest BCUT2D eigenvalue weighted by atomic mass is 14.7. The van der Waals surface area contributed by atoms with Crippen LogP contribution in [-0.4, -0.2) is 6.21 Å². The summed E-state index contributed by atoms with van der Waals surface area (Å²) in [6, 6.07) is 21.5. The van der Waals surface area contributed by atoms with E-state index in [1.807, 2.05) is 6.21 Å². The lowest BCUT2D eigenvalue weighted by Crippen LogP contribution is -1.95. The third kappa shape index (κ3) is 3.41. The van der Waals surface area contributed by atoms with E-state index in [1.54, 1.807) is 0 Å². The molecule has 0 atom stereocenters. The van der Waals surface area contributed by atoms with Crippen molar-refractivity contribution >= 4 is 22.7 Å². The van der Waals surface area contributed by atoms with E-state index in [0.717, 1.165) is 11.3 Å². The van der Waals surface area contributed by atoms with Crippen molar-refractivity contribution in [2.75, 3.05) is 0 Å². The minimum absolute atomic E-state index is 0.465. The van der Waals surface area contributed by atoms with Crippen LogP contribution in [0, 0.1) is 0 Å². The molecule has 3 aromatic carbocycles. The van der Waals surface area contributed by atoms with E-state index in [1.165, 1.54) is 21.9 Å². The van der Waals surface area contributed by atoms with Gasteiger partial charge in [0.1, 0.15) is 0 Å². The molecule has 0 aromatic heterocycles. The van der Waals surface area contributed by atoms with Gasteiger partial charge < -0.3 is 0 Å². The minimum atomic E-state index is 0.465. The van der Waals surface area contributed by atoms with Crippen molar-refractivity contribution in [2.24, 2.45) is 4.99 Å². The number of para-hydroxylation sites is 1. The average molecular weight is 315 g/mol. The van der Waals surface area contributed by atoms with E-state index in [4.69, 9.17) is 4.99 Å². The van der Waals surface area contributed by atoms with E-state index >= 15 is 0 Å². The van der Waals surface area contributed by atoms with Crippen LogP contribution in [0.4, 0.5) is 5.69 Å². The van der Waals surface area contributed by atoms with Crippen molar-refractivity contribution in [1.82, 2.24) is 0 Å². The fourth-order valence-electron chi connectivity index (χ4n) is 3.09. The van der Waals surface area contributed by atoms with Crippen LogP contribution in [0.15, 0.2) is 65.7 Å². The molecule has 24 heavy (non-hydrogen) atoms. The minimum Gasteiger partial charge on any atom is -0.256 e. The Labute approximate surface area is 145 Å². The smallest absolute Gasteiger partial charge is 0.0699 e. The first kappa shape index (κ1) is 16.4. The summed E-state index contributed by atoms with van der Waals surface area (Å²) in [5, 5.41) is 2.52. The molecular weight excluding hydrogens is 290 g/mol. The molecule has 0 aliphatic carbocycles. The summed E-state index contributed by atoms with van der Waals surface area (Å²) in [6.45, 7) is 8.92. The van der Waals surface area contributed by atoms with Crippen molar-refractivity contribution < 1.29 is 0 Å². The highest BCUT2D eigenvalue weighted by Gasteiger charge is 2.12. The second-order valence-corrected chi connectivity index (χ2v) is 6.96. The number of aliphatic imine (C=N–C) groups is 1. The Bertz CT molecular complexity index is 846. The van der Waals surface area contributed by atoms with Gasteiger partial charge in [-0.3, -0.25) is 4.99 Å².